The van der Waals surface area contributed by atoms with Gasteiger partial charge in [-0.25, -0.2) is 4.98 Å². The van der Waals surface area contributed by atoms with Crippen molar-refractivity contribution in [2.45, 2.75) is 27.7 Å². The van der Waals surface area contributed by atoms with E-state index in [4.69, 9.17) is 0 Å². The molecular formula is C25H23N3O2. The smallest absolute Gasteiger partial charge is 0.265 e. The van der Waals surface area contributed by atoms with Gasteiger partial charge >= 0.3 is 0 Å². The lowest BCUT2D eigenvalue weighted by molar-refractivity contribution is 0.102. The second-order valence-corrected chi connectivity index (χ2v) is 7.59. The summed E-state index contributed by atoms with van der Waals surface area (Å²) in [7, 11) is 0. The highest BCUT2D eigenvalue weighted by atomic mass is 16.1. The molecule has 0 bridgehead atoms. The van der Waals surface area contributed by atoms with Crippen LogP contribution in [-0.4, -0.2) is 15.5 Å². The summed E-state index contributed by atoms with van der Waals surface area (Å²) in [4.78, 5) is 30.3. The van der Waals surface area contributed by atoms with Gasteiger partial charge in [0.2, 0.25) is 0 Å². The molecule has 1 amide bonds. The Balaban J connectivity index is 1.66. The van der Waals surface area contributed by atoms with Crippen molar-refractivity contribution in [1.29, 1.82) is 0 Å². The number of nitrogens with one attached hydrogen (secondary N) is 1. The summed E-state index contributed by atoms with van der Waals surface area (Å²) in [6, 6.07) is 18.4. The van der Waals surface area contributed by atoms with E-state index in [1.165, 1.54) is 0 Å². The van der Waals surface area contributed by atoms with E-state index in [2.05, 4.69) is 10.3 Å². The molecule has 0 fully saturated rings. The first-order valence-corrected chi connectivity index (χ1v) is 9.83. The normalized spacial score (nSPS) is 10.9. The Kier molecular flexibility index (Phi) is 4.96. The highest BCUT2D eigenvalue weighted by molar-refractivity contribution is 6.05. The molecule has 150 valence electrons. The van der Waals surface area contributed by atoms with Crippen LogP contribution in [0.3, 0.4) is 0 Å². The number of nitrogens with zero attached hydrogens (tertiary/aromatic N) is 2. The predicted octanol–water partition coefficient (Wildman–Crippen LogP) is 4.87. The van der Waals surface area contributed by atoms with Gasteiger partial charge in [0.15, 0.2) is 0 Å². The number of anilines is 1. The number of fused-ring (bicyclic) bond motifs is 1. The number of carbonyl (C=O) groups excluding carboxylic acids is 1. The average Bonchev–Trinajstić information content (AvgIpc) is 2.71. The van der Waals surface area contributed by atoms with E-state index in [-0.39, 0.29) is 11.5 Å². The van der Waals surface area contributed by atoms with Crippen LogP contribution in [-0.2, 0) is 0 Å². The molecule has 0 radical (unpaired) electrons. The van der Waals surface area contributed by atoms with E-state index in [1.54, 1.807) is 41.8 Å². The third-order valence-electron chi connectivity index (χ3n) is 5.25. The minimum atomic E-state index is -0.183. The maximum atomic E-state index is 13.0. The molecule has 0 saturated carbocycles. The molecule has 0 aliphatic heterocycles. The zero-order valence-electron chi connectivity index (χ0n) is 17.5. The topological polar surface area (TPSA) is 64.0 Å². The van der Waals surface area contributed by atoms with E-state index < -0.39 is 0 Å². The van der Waals surface area contributed by atoms with Gasteiger partial charge in [-0.15, -0.1) is 0 Å². The number of para-hydroxylation sites is 1. The number of aromatic nitrogens is 2. The zero-order valence-corrected chi connectivity index (χ0v) is 17.5. The molecule has 4 aromatic rings. The predicted molar refractivity (Wildman–Crippen MR) is 121 cm³/mol. The van der Waals surface area contributed by atoms with Crippen molar-refractivity contribution in [3.05, 3.63) is 99.1 Å². The number of hydrogen-bond donors (Lipinski definition) is 1. The van der Waals surface area contributed by atoms with Gasteiger partial charge in [0, 0.05) is 11.3 Å². The van der Waals surface area contributed by atoms with Crippen LogP contribution in [0.15, 0.2) is 65.5 Å². The Labute approximate surface area is 175 Å². The quantitative estimate of drug-likeness (QED) is 0.536. The van der Waals surface area contributed by atoms with Gasteiger partial charge in [0.1, 0.15) is 5.82 Å². The molecule has 3 aromatic carbocycles. The van der Waals surface area contributed by atoms with Gasteiger partial charge in [-0.1, -0.05) is 29.8 Å². The van der Waals surface area contributed by atoms with E-state index in [0.29, 0.717) is 28.0 Å². The van der Waals surface area contributed by atoms with Crippen molar-refractivity contribution >= 4 is 22.5 Å². The van der Waals surface area contributed by atoms with Crippen LogP contribution in [0, 0.1) is 27.7 Å². The van der Waals surface area contributed by atoms with Gasteiger partial charge in [0.25, 0.3) is 11.5 Å². The van der Waals surface area contributed by atoms with Gasteiger partial charge < -0.3 is 5.32 Å². The van der Waals surface area contributed by atoms with Crippen molar-refractivity contribution in [2.24, 2.45) is 0 Å². The molecule has 0 spiro atoms. The molecule has 4 rings (SSSR count). The molecule has 0 unspecified atom stereocenters. The van der Waals surface area contributed by atoms with Crippen LogP contribution >= 0.6 is 0 Å². The SMILES string of the molecule is Cc1cc(C)c(NC(=O)c2ccc(-n3c(C)nc4ccccc4c3=O)cc2)c(C)c1. The molecule has 0 aliphatic rings. The van der Waals surface area contributed by atoms with Crippen LogP contribution in [0.1, 0.15) is 32.9 Å². The largest absolute Gasteiger partial charge is 0.322 e. The standard InChI is InChI=1S/C25H23N3O2/c1-15-13-16(2)23(17(3)14-15)27-24(29)19-9-11-20(12-10-19)28-18(4)26-22-8-6-5-7-21(22)25(28)30/h5-14H,1-4H3,(H,27,29). The van der Waals surface area contributed by atoms with Gasteiger partial charge in [-0.05, 0) is 75.2 Å². The monoisotopic (exact) mass is 397 g/mol. The molecule has 30 heavy (non-hydrogen) atoms. The Hall–Kier alpha value is -3.73. The zero-order chi connectivity index (χ0) is 21.4. The molecule has 5 heteroatoms. The van der Waals surface area contributed by atoms with Crippen molar-refractivity contribution in [3.63, 3.8) is 0 Å². The molecule has 1 heterocycles. The van der Waals surface area contributed by atoms with Crippen LogP contribution in [0.25, 0.3) is 16.6 Å². The lowest BCUT2D eigenvalue weighted by Crippen LogP contribution is -2.22. The number of amides is 1. The summed E-state index contributed by atoms with van der Waals surface area (Å²) in [5.41, 5.74) is 5.81. The fourth-order valence-corrected chi connectivity index (χ4v) is 3.87. The number of carbonyl (C=O) groups is 1. The molecule has 0 atom stereocenters. The summed E-state index contributed by atoms with van der Waals surface area (Å²) in [5.74, 6) is 0.416. The third-order valence-corrected chi connectivity index (χ3v) is 5.25. The van der Waals surface area contributed by atoms with E-state index in [9.17, 15) is 9.59 Å². The first-order chi connectivity index (χ1) is 14.3. The summed E-state index contributed by atoms with van der Waals surface area (Å²) < 4.78 is 1.57. The van der Waals surface area contributed by atoms with Crippen molar-refractivity contribution < 1.29 is 4.79 Å². The van der Waals surface area contributed by atoms with Gasteiger partial charge in [-0.3, -0.25) is 14.2 Å². The average molecular weight is 397 g/mol. The van der Waals surface area contributed by atoms with E-state index in [0.717, 1.165) is 22.4 Å². The van der Waals surface area contributed by atoms with Crippen molar-refractivity contribution in [3.8, 4) is 5.69 Å². The lowest BCUT2D eigenvalue weighted by atomic mass is 10.0. The molecule has 0 aliphatic carbocycles. The lowest BCUT2D eigenvalue weighted by Gasteiger charge is -2.14. The first kappa shape index (κ1) is 19.6. The molecule has 1 N–H and O–H groups in total. The van der Waals surface area contributed by atoms with Crippen LogP contribution < -0.4 is 10.9 Å². The highest BCUT2D eigenvalue weighted by Crippen LogP contribution is 2.23. The summed E-state index contributed by atoms with van der Waals surface area (Å²) >= 11 is 0. The summed E-state index contributed by atoms with van der Waals surface area (Å²) in [6.45, 7) is 7.81. The fraction of sp³-hybridized carbons (Fsp3) is 0.160. The molecule has 1 aromatic heterocycles. The number of hydrogen-bond acceptors (Lipinski definition) is 3. The Morgan fingerprint density at radius 3 is 2.20 bits per heavy atom. The second kappa shape index (κ2) is 7.59. The third kappa shape index (κ3) is 3.50. The second-order valence-electron chi connectivity index (χ2n) is 7.59. The summed E-state index contributed by atoms with van der Waals surface area (Å²) in [6.07, 6.45) is 0. The molecular weight excluding hydrogens is 374 g/mol. The summed E-state index contributed by atoms with van der Waals surface area (Å²) in [5, 5.41) is 3.57. The van der Waals surface area contributed by atoms with Crippen LogP contribution in [0.5, 0.6) is 0 Å². The molecule has 0 saturated heterocycles. The maximum absolute atomic E-state index is 13.0. The minimum absolute atomic E-state index is 0.124. The number of rotatable bonds is 3. The fourth-order valence-electron chi connectivity index (χ4n) is 3.87. The van der Waals surface area contributed by atoms with Gasteiger partial charge in [0.05, 0.1) is 16.6 Å². The first-order valence-electron chi connectivity index (χ1n) is 9.83. The van der Waals surface area contributed by atoms with Crippen LogP contribution in [0.4, 0.5) is 5.69 Å². The van der Waals surface area contributed by atoms with E-state index in [1.807, 2.05) is 51.1 Å². The van der Waals surface area contributed by atoms with Crippen molar-refractivity contribution in [2.75, 3.05) is 5.32 Å². The maximum Gasteiger partial charge on any atom is 0.265 e. The molecule has 5 nitrogen and oxygen atoms in total. The Bertz CT molecular complexity index is 1310. The Morgan fingerprint density at radius 2 is 1.53 bits per heavy atom. The van der Waals surface area contributed by atoms with E-state index >= 15 is 0 Å². The van der Waals surface area contributed by atoms with Crippen molar-refractivity contribution in [1.82, 2.24) is 9.55 Å². The minimum Gasteiger partial charge on any atom is -0.322 e. The van der Waals surface area contributed by atoms with Gasteiger partial charge in [-0.2, -0.15) is 0 Å². The Morgan fingerprint density at radius 1 is 0.900 bits per heavy atom. The highest BCUT2D eigenvalue weighted by Gasteiger charge is 2.13. The van der Waals surface area contributed by atoms with Crippen LogP contribution in [0.2, 0.25) is 0 Å². The number of benzene rings is 3. The number of aryl methyl sites for hydroxylation is 4.